The number of rotatable bonds is 4. The molecular formula is C13H16N2O4. The molecule has 102 valence electrons. The van der Waals surface area contributed by atoms with E-state index in [9.17, 15) is 14.9 Å². The van der Waals surface area contributed by atoms with Crippen LogP contribution < -0.4 is 0 Å². The molecule has 6 heteroatoms. The highest BCUT2D eigenvalue weighted by atomic mass is 16.6. The maximum Gasteiger partial charge on any atom is 0.269 e. The first-order valence-corrected chi connectivity index (χ1v) is 6.17. The molecular weight excluding hydrogens is 248 g/mol. The van der Waals surface area contributed by atoms with Gasteiger partial charge in [-0.2, -0.15) is 0 Å². The Kier molecular flexibility index (Phi) is 3.80. The molecule has 1 aliphatic rings. The van der Waals surface area contributed by atoms with Crippen LogP contribution in [0.5, 0.6) is 0 Å². The maximum absolute atomic E-state index is 12.1. The van der Waals surface area contributed by atoms with Crippen LogP contribution in [0.1, 0.15) is 18.4 Å². The zero-order valence-electron chi connectivity index (χ0n) is 10.7. The molecule has 1 heterocycles. The number of likely N-dealkylation sites (tertiary alicyclic amines) is 1. The number of nitrogens with zero attached hydrogens (tertiary/aromatic N) is 2. The first-order chi connectivity index (χ1) is 9.02. The van der Waals surface area contributed by atoms with Crippen LogP contribution in [-0.4, -0.2) is 40.5 Å². The minimum Gasteiger partial charge on any atom is -0.396 e. The number of aliphatic hydroxyl groups excluding tert-OH is 1. The third-order valence-corrected chi connectivity index (χ3v) is 3.48. The summed E-state index contributed by atoms with van der Waals surface area (Å²) in [5, 5.41) is 19.6. The van der Waals surface area contributed by atoms with E-state index in [1.54, 1.807) is 24.0 Å². The molecule has 1 aliphatic heterocycles. The highest BCUT2D eigenvalue weighted by Gasteiger charge is 2.33. The molecule has 1 aromatic carbocycles. The Balaban J connectivity index is 2.07. The van der Waals surface area contributed by atoms with Crippen molar-refractivity contribution in [3.63, 3.8) is 0 Å². The molecule has 1 saturated heterocycles. The summed E-state index contributed by atoms with van der Waals surface area (Å²) in [5.74, 6) is -0.286. The van der Waals surface area contributed by atoms with Crippen LogP contribution in [0.4, 0.5) is 5.69 Å². The first kappa shape index (κ1) is 13.5. The molecule has 2 rings (SSSR count). The zero-order chi connectivity index (χ0) is 14.0. The van der Waals surface area contributed by atoms with Crippen molar-refractivity contribution in [2.75, 3.05) is 19.7 Å². The Labute approximate surface area is 110 Å². The van der Waals surface area contributed by atoms with E-state index in [0.29, 0.717) is 18.7 Å². The molecule has 1 aromatic rings. The lowest BCUT2D eigenvalue weighted by molar-refractivity contribution is -0.384. The number of aliphatic hydroxyl groups is 1. The van der Waals surface area contributed by atoms with Crippen molar-refractivity contribution in [2.24, 2.45) is 5.92 Å². The number of non-ortho nitro benzene ring substituents is 1. The Hall–Kier alpha value is -1.95. The summed E-state index contributed by atoms with van der Waals surface area (Å²) >= 11 is 0. The molecule has 0 spiro atoms. The average Bonchev–Trinajstić information content (AvgIpc) is 2.36. The molecule has 1 fully saturated rings. The fraction of sp³-hybridized carbons (Fsp3) is 0.462. The van der Waals surface area contributed by atoms with E-state index in [2.05, 4.69) is 0 Å². The topological polar surface area (TPSA) is 83.7 Å². The van der Waals surface area contributed by atoms with Crippen molar-refractivity contribution in [3.8, 4) is 0 Å². The van der Waals surface area contributed by atoms with Gasteiger partial charge < -0.3 is 10.0 Å². The predicted molar refractivity (Wildman–Crippen MR) is 68.7 cm³/mol. The van der Waals surface area contributed by atoms with Crippen molar-refractivity contribution in [2.45, 2.75) is 12.8 Å². The number of hydrogen-bond donors (Lipinski definition) is 1. The number of nitro benzene ring substituents is 1. The van der Waals surface area contributed by atoms with Gasteiger partial charge in [0.05, 0.1) is 10.8 Å². The van der Waals surface area contributed by atoms with Gasteiger partial charge in [0.1, 0.15) is 0 Å². The molecule has 1 amide bonds. The largest absolute Gasteiger partial charge is 0.396 e. The number of hydrogen-bond acceptors (Lipinski definition) is 4. The molecule has 0 radical (unpaired) electrons. The highest BCUT2D eigenvalue weighted by molar-refractivity contribution is 5.84. The summed E-state index contributed by atoms with van der Waals surface area (Å²) in [6.45, 7) is 2.96. The van der Waals surface area contributed by atoms with Gasteiger partial charge in [-0.25, -0.2) is 0 Å². The van der Waals surface area contributed by atoms with Crippen molar-refractivity contribution in [1.82, 2.24) is 4.90 Å². The van der Waals surface area contributed by atoms with E-state index in [4.69, 9.17) is 5.11 Å². The fourth-order valence-electron chi connectivity index (χ4n) is 2.19. The van der Waals surface area contributed by atoms with Gasteiger partial charge >= 0.3 is 0 Å². The molecule has 0 aliphatic carbocycles. The van der Waals surface area contributed by atoms with Crippen LogP contribution in [0.2, 0.25) is 0 Å². The van der Waals surface area contributed by atoms with E-state index in [1.165, 1.54) is 12.1 Å². The van der Waals surface area contributed by atoms with Gasteiger partial charge in [-0.05, 0) is 12.5 Å². The second-order valence-corrected chi connectivity index (χ2v) is 4.87. The van der Waals surface area contributed by atoms with E-state index < -0.39 is 10.8 Å². The minimum atomic E-state index is -0.466. The van der Waals surface area contributed by atoms with Gasteiger partial charge in [-0.15, -0.1) is 0 Å². The minimum absolute atomic E-state index is 0.00556. The molecule has 1 unspecified atom stereocenters. The highest BCUT2D eigenvalue weighted by Crippen LogP contribution is 2.25. The van der Waals surface area contributed by atoms with Crippen LogP contribution in [0.25, 0.3) is 0 Å². The summed E-state index contributed by atoms with van der Waals surface area (Å²) < 4.78 is 0. The Morgan fingerprint density at radius 1 is 1.58 bits per heavy atom. The molecule has 19 heavy (non-hydrogen) atoms. The predicted octanol–water partition coefficient (Wildman–Crippen LogP) is 1.15. The number of carbonyl (C=O) groups excluding carboxylic acids is 1. The third-order valence-electron chi connectivity index (χ3n) is 3.48. The van der Waals surface area contributed by atoms with Crippen LogP contribution >= 0.6 is 0 Å². The van der Waals surface area contributed by atoms with Gasteiger partial charge in [0.2, 0.25) is 5.91 Å². The normalized spacial score (nSPS) is 16.8. The van der Waals surface area contributed by atoms with E-state index in [-0.39, 0.29) is 24.1 Å². The van der Waals surface area contributed by atoms with Crippen LogP contribution in [0.15, 0.2) is 24.3 Å². The molecule has 1 N–H and O–H groups in total. The SMILES string of the molecule is CC(C(=O)N1CC(CO)C1)c1cccc([N+](=O)[O-])c1. The molecule has 0 saturated carbocycles. The number of amides is 1. The zero-order valence-corrected chi connectivity index (χ0v) is 10.7. The van der Waals surface area contributed by atoms with Crippen LogP contribution in [0.3, 0.4) is 0 Å². The van der Waals surface area contributed by atoms with Crippen molar-refractivity contribution < 1.29 is 14.8 Å². The van der Waals surface area contributed by atoms with Gasteiger partial charge in [-0.3, -0.25) is 14.9 Å². The number of nitro groups is 1. The second kappa shape index (κ2) is 5.36. The Bertz CT molecular complexity index is 497. The van der Waals surface area contributed by atoms with Gasteiger partial charge in [-0.1, -0.05) is 12.1 Å². The second-order valence-electron chi connectivity index (χ2n) is 4.87. The van der Waals surface area contributed by atoms with E-state index >= 15 is 0 Å². The van der Waals surface area contributed by atoms with Crippen molar-refractivity contribution >= 4 is 11.6 Å². The smallest absolute Gasteiger partial charge is 0.269 e. The quantitative estimate of drug-likeness (QED) is 0.653. The van der Waals surface area contributed by atoms with E-state index in [0.717, 1.165) is 0 Å². The Morgan fingerprint density at radius 2 is 2.26 bits per heavy atom. The van der Waals surface area contributed by atoms with Gasteiger partial charge in [0, 0.05) is 37.7 Å². The van der Waals surface area contributed by atoms with E-state index in [1.807, 2.05) is 0 Å². The third kappa shape index (κ3) is 2.73. The molecule has 6 nitrogen and oxygen atoms in total. The van der Waals surface area contributed by atoms with Crippen LogP contribution in [0, 0.1) is 16.0 Å². The fourth-order valence-corrected chi connectivity index (χ4v) is 2.19. The average molecular weight is 264 g/mol. The lowest BCUT2D eigenvalue weighted by Gasteiger charge is -2.39. The standard InChI is InChI=1S/C13H16N2O4/c1-9(13(17)14-6-10(7-14)8-16)11-3-2-4-12(5-11)15(18)19/h2-5,9-10,16H,6-8H2,1H3. The maximum atomic E-state index is 12.1. The summed E-state index contributed by atoms with van der Waals surface area (Å²) in [4.78, 5) is 24.1. The van der Waals surface area contributed by atoms with Crippen LogP contribution in [-0.2, 0) is 4.79 Å². The van der Waals surface area contributed by atoms with Crippen molar-refractivity contribution in [1.29, 1.82) is 0 Å². The number of carbonyl (C=O) groups is 1. The van der Waals surface area contributed by atoms with Gasteiger partial charge in [0.25, 0.3) is 5.69 Å². The molecule has 1 atom stereocenters. The first-order valence-electron chi connectivity index (χ1n) is 6.17. The summed E-state index contributed by atoms with van der Waals surface area (Å²) in [6.07, 6.45) is 0. The lowest BCUT2D eigenvalue weighted by Crippen LogP contribution is -2.52. The lowest BCUT2D eigenvalue weighted by atomic mass is 9.94. The van der Waals surface area contributed by atoms with Crippen molar-refractivity contribution in [3.05, 3.63) is 39.9 Å². The molecule has 0 bridgehead atoms. The van der Waals surface area contributed by atoms with Gasteiger partial charge in [0.15, 0.2) is 0 Å². The molecule has 0 aromatic heterocycles. The monoisotopic (exact) mass is 264 g/mol. The summed E-state index contributed by atoms with van der Waals surface area (Å²) in [6, 6.07) is 6.15. The Morgan fingerprint density at radius 3 is 2.84 bits per heavy atom. The summed E-state index contributed by atoms with van der Waals surface area (Å²) in [7, 11) is 0. The number of benzene rings is 1. The summed E-state index contributed by atoms with van der Waals surface area (Å²) in [5.41, 5.74) is 0.639.